The van der Waals surface area contributed by atoms with Crippen molar-refractivity contribution in [1.29, 1.82) is 0 Å². The van der Waals surface area contributed by atoms with Crippen molar-refractivity contribution >= 4 is 5.97 Å². The highest BCUT2D eigenvalue weighted by Gasteiger charge is 2.69. The molecule has 0 bridgehead atoms. The molecule has 0 aliphatic heterocycles. The number of aromatic nitrogens is 1. The normalized spacial score (nSPS) is 45.3. The molecule has 1 aromatic rings. The van der Waals surface area contributed by atoms with Crippen molar-refractivity contribution in [3.8, 4) is 0 Å². The standard InChI is InChI=1S/C33H49NO3/c1-9-36-27(35)33-16-14-28(2,3)19-23(33)22-10-11-25-30(6)18-21-20-34-37-26(21)29(4,5)24(30)12-13-32(25,8)31(22,7)15-17-33/h10,20,23-25H,9,11-19H2,1-8H3/t23-,24-,25+,30-,31+,32+,33-/m0/s1. The van der Waals surface area contributed by atoms with Gasteiger partial charge >= 0.3 is 5.97 Å². The van der Waals surface area contributed by atoms with E-state index in [9.17, 15) is 4.79 Å². The molecule has 0 amide bonds. The molecule has 4 heteroatoms. The Balaban J connectivity index is 1.45. The lowest BCUT2D eigenvalue weighted by Gasteiger charge is -2.70. The Hall–Kier alpha value is -1.58. The number of rotatable bonds is 2. The molecule has 4 nitrogen and oxygen atoms in total. The van der Waals surface area contributed by atoms with Crippen LogP contribution in [0.3, 0.4) is 0 Å². The van der Waals surface area contributed by atoms with Gasteiger partial charge in [0.05, 0.1) is 18.2 Å². The van der Waals surface area contributed by atoms with Crippen LogP contribution in [0.2, 0.25) is 0 Å². The van der Waals surface area contributed by atoms with E-state index in [4.69, 9.17) is 9.26 Å². The number of hydrogen-bond donors (Lipinski definition) is 0. The molecule has 3 saturated carbocycles. The number of hydrogen-bond acceptors (Lipinski definition) is 4. The van der Waals surface area contributed by atoms with E-state index in [1.165, 1.54) is 18.4 Å². The van der Waals surface area contributed by atoms with Crippen LogP contribution in [0.1, 0.15) is 118 Å². The van der Waals surface area contributed by atoms with Gasteiger partial charge < -0.3 is 9.26 Å². The molecule has 7 atom stereocenters. The summed E-state index contributed by atoms with van der Waals surface area (Å²) in [6.07, 6.45) is 14.6. The molecule has 0 spiro atoms. The van der Waals surface area contributed by atoms with E-state index in [-0.39, 0.29) is 38.5 Å². The van der Waals surface area contributed by atoms with Crippen LogP contribution in [-0.4, -0.2) is 17.7 Å². The Kier molecular flexibility index (Phi) is 5.38. The number of ether oxygens (including phenoxy) is 1. The fraction of sp³-hybridized carbons (Fsp3) is 0.818. The molecule has 0 saturated heterocycles. The molecular weight excluding hydrogens is 458 g/mol. The van der Waals surface area contributed by atoms with Crippen LogP contribution in [-0.2, 0) is 21.4 Å². The summed E-state index contributed by atoms with van der Waals surface area (Å²) in [6.45, 7) is 19.9. The molecule has 0 N–H and O–H groups in total. The zero-order valence-electron chi connectivity index (χ0n) is 24.6. The summed E-state index contributed by atoms with van der Waals surface area (Å²) in [5, 5.41) is 4.26. The topological polar surface area (TPSA) is 52.3 Å². The maximum Gasteiger partial charge on any atom is 0.312 e. The molecule has 5 aliphatic carbocycles. The van der Waals surface area contributed by atoms with E-state index in [0.29, 0.717) is 24.4 Å². The van der Waals surface area contributed by atoms with Crippen molar-refractivity contribution < 1.29 is 14.1 Å². The van der Waals surface area contributed by atoms with Crippen LogP contribution in [0.15, 0.2) is 22.4 Å². The van der Waals surface area contributed by atoms with Gasteiger partial charge in [-0.15, -0.1) is 0 Å². The van der Waals surface area contributed by atoms with Crippen LogP contribution in [0.25, 0.3) is 0 Å². The van der Waals surface area contributed by atoms with Crippen LogP contribution >= 0.6 is 0 Å². The first kappa shape index (κ1) is 25.7. The van der Waals surface area contributed by atoms with E-state index in [2.05, 4.69) is 59.7 Å². The molecule has 0 radical (unpaired) electrons. The minimum absolute atomic E-state index is 0.00405. The van der Waals surface area contributed by atoms with E-state index >= 15 is 0 Å². The van der Waals surface area contributed by atoms with Crippen LogP contribution in [0.5, 0.6) is 0 Å². The van der Waals surface area contributed by atoms with Gasteiger partial charge in [-0.3, -0.25) is 4.79 Å². The van der Waals surface area contributed by atoms with Gasteiger partial charge in [-0.25, -0.2) is 0 Å². The molecule has 1 aromatic heterocycles. The zero-order chi connectivity index (χ0) is 26.6. The number of fused-ring (bicyclic) bond motifs is 8. The van der Waals surface area contributed by atoms with Gasteiger partial charge in [-0.2, -0.15) is 0 Å². The number of esters is 1. The summed E-state index contributed by atoms with van der Waals surface area (Å²) in [7, 11) is 0. The van der Waals surface area contributed by atoms with E-state index < -0.39 is 0 Å². The number of nitrogens with zero attached hydrogens (tertiary/aromatic N) is 1. The second kappa shape index (κ2) is 7.75. The van der Waals surface area contributed by atoms with Gasteiger partial charge in [-0.1, -0.05) is 65.3 Å². The lowest BCUT2D eigenvalue weighted by atomic mass is 9.33. The average molecular weight is 508 g/mol. The lowest BCUT2D eigenvalue weighted by Crippen LogP contribution is -2.64. The summed E-state index contributed by atoms with van der Waals surface area (Å²) in [5.41, 5.74) is 3.43. The summed E-state index contributed by atoms with van der Waals surface area (Å²) in [4.78, 5) is 13.6. The van der Waals surface area contributed by atoms with Crippen LogP contribution in [0.4, 0.5) is 0 Å². The predicted molar refractivity (Wildman–Crippen MR) is 146 cm³/mol. The maximum atomic E-state index is 13.6. The predicted octanol–water partition coefficient (Wildman–Crippen LogP) is 8.05. The highest BCUT2D eigenvalue weighted by Crippen LogP contribution is 2.75. The van der Waals surface area contributed by atoms with Gasteiger partial charge in [0.15, 0.2) is 0 Å². The zero-order valence-corrected chi connectivity index (χ0v) is 24.6. The molecule has 5 aliphatic rings. The first-order valence-electron chi connectivity index (χ1n) is 15.1. The first-order valence-corrected chi connectivity index (χ1v) is 15.1. The average Bonchev–Trinajstić information content (AvgIpc) is 3.28. The number of carbonyl (C=O) groups is 1. The molecule has 6 rings (SSSR count). The van der Waals surface area contributed by atoms with Crippen molar-refractivity contribution in [3.05, 3.63) is 29.2 Å². The van der Waals surface area contributed by atoms with E-state index in [1.54, 1.807) is 5.57 Å². The lowest BCUT2D eigenvalue weighted by molar-refractivity contribution is -0.181. The van der Waals surface area contributed by atoms with Gasteiger partial charge in [0, 0.05) is 11.0 Å². The minimum atomic E-state index is -0.328. The number of allylic oxidation sites excluding steroid dienone is 2. The SMILES string of the molecule is CCOC(=O)[C@]12CCC(C)(C)C[C@H]1C1=CC[C@@H]3[C@@]4(C)Cc5cnoc5C(C)(C)[C@@H]4CC[C@@]3(C)[C@]1(C)CC2. The minimum Gasteiger partial charge on any atom is -0.466 e. The summed E-state index contributed by atoms with van der Waals surface area (Å²) < 4.78 is 11.7. The van der Waals surface area contributed by atoms with Crippen molar-refractivity contribution in [1.82, 2.24) is 5.16 Å². The second-order valence-corrected chi connectivity index (χ2v) is 15.7. The highest BCUT2D eigenvalue weighted by atomic mass is 16.5. The Morgan fingerprint density at radius 2 is 1.76 bits per heavy atom. The van der Waals surface area contributed by atoms with Gasteiger partial charge in [-0.05, 0) is 104 Å². The van der Waals surface area contributed by atoms with E-state index in [1.807, 2.05) is 13.1 Å². The monoisotopic (exact) mass is 507 g/mol. The van der Waals surface area contributed by atoms with Crippen LogP contribution in [0, 0.1) is 44.8 Å². The fourth-order valence-corrected chi connectivity index (χ4v) is 11.2. The molecule has 0 aromatic carbocycles. The molecule has 3 fully saturated rings. The van der Waals surface area contributed by atoms with Crippen molar-refractivity contribution in [2.45, 2.75) is 119 Å². The largest absolute Gasteiger partial charge is 0.466 e. The maximum absolute atomic E-state index is 13.6. The molecule has 37 heavy (non-hydrogen) atoms. The number of carbonyl (C=O) groups excluding carboxylic acids is 1. The third-order valence-corrected chi connectivity index (χ3v) is 13.3. The Morgan fingerprint density at radius 1 is 1.03 bits per heavy atom. The van der Waals surface area contributed by atoms with Gasteiger partial charge in [0.1, 0.15) is 5.76 Å². The molecule has 0 unspecified atom stereocenters. The third-order valence-electron chi connectivity index (χ3n) is 13.3. The van der Waals surface area contributed by atoms with Crippen molar-refractivity contribution in [3.63, 3.8) is 0 Å². The quantitative estimate of drug-likeness (QED) is 0.300. The van der Waals surface area contributed by atoms with Gasteiger partial charge in [0.25, 0.3) is 0 Å². The Bertz CT molecular complexity index is 1140. The molecule has 1 heterocycles. The summed E-state index contributed by atoms with van der Waals surface area (Å²) in [6, 6.07) is 0. The Morgan fingerprint density at radius 3 is 2.49 bits per heavy atom. The Labute approximate surface area is 224 Å². The van der Waals surface area contributed by atoms with Crippen molar-refractivity contribution in [2.24, 2.45) is 44.8 Å². The smallest absolute Gasteiger partial charge is 0.312 e. The van der Waals surface area contributed by atoms with Crippen molar-refractivity contribution in [2.75, 3.05) is 6.61 Å². The van der Waals surface area contributed by atoms with Crippen LogP contribution < -0.4 is 0 Å². The van der Waals surface area contributed by atoms with Gasteiger partial charge in [0.2, 0.25) is 0 Å². The highest BCUT2D eigenvalue weighted by molar-refractivity contribution is 5.78. The third kappa shape index (κ3) is 3.14. The second-order valence-electron chi connectivity index (χ2n) is 15.7. The summed E-state index contributed by atoms with van der Waals surface area (Å²) >= 11 is 0. The first-order chi connectivity index (χ1) is 17.3. The molecule has 204 valence electrons. The summed E-state index contributed by atoms with van der Waals surface area (Å²) in [5.74, 6) is 2.72. The van der Waals surface area contributed by atoms with E-state index in [0.717, 1.165) is 50.7 Å². The molecular formula is C33H49NO3. The fourth-order valence-electron chi connectivity index (χ4n) is 11.2.